The average Bonchev–Trinajstić information content (AvgIpc) is 3.21. The van der Waals surface area contributed by atoms with E-state index in [0.29, 0.717) is 28.7 Å². The summed E-state index contributed by atoms with van der Waals surface area (Å²) in [5.41, 5.74) is 2.09. The van der Waals surface area contributed by atoms with Crippen molar-refractivity contribution in [1.82, 2.24) is 20.2 Å². The number of allylic oxidation sites excluding steroid dienone is 1. The summed E-state index contributed by atoms with van der Waals surface area (Å²) in [6.07, 6.45) is 1.89. The summed E-state index contributed by atoms with van der Waals surface area (Å²) in [7, 11) is 3.13. The number of hydrogen-bond acceptors (Lipinski definition) is 8. The molecule has 3 aromatic rings. The predicted molar refractivity (Wildman–Crippen MR) is 100 cm³/mol. The lowest BCUT2D eigenvalue weighted by Crippen LogP contribution is -2.21. The zero-order valence-electron chi connectivity index (χ0n) is 15.1. The van der Waals surface area contributed by atoms with E-state index in [1.54, 1.807) is 37.1 Å². The van der Waals surface area contributed by atoms with Crippen LogP contribution in [0.5, 0.6) is 11.5 Å². The first-order chi connectivity index (χ1) is 13.6. The number of aromatic nitrogens is 4. The van der Waals surface area contributed by atoms with Crippen molar-refractivity contribution in [3.05, 3.63) is 69.8 Å². The van der Waals surface area contributed by atoms with Crippen molar-refractivity contribution in [3.63, 3.8) is 0 Å². The summed E-state index contributed by atoms with van der Waals surface area (Å²) in [6.45, 7) is 0. The van der Waals surface area contributed by atoms with Crippen LogP contribution in [-0.4, -0.2) is 39.4 Å². The second-order valence-electron chi connectivity index (χ2n) is 5.99. The Hall–Kier alpha value is -3.95. The predicted octanol–water partition coefficient (Wildman–Crippen LogP) is 2.65. The Morgan fingerprint density at radius 2 is 2.00 bits per heavy atom. The van der Waals surface area contributed by atoms with Gasteiger partial charge >= 0.3 is 0 Å². The van der Waals surface area contributed by atoms with Crippen LogP contribution in [0.1, 0.15) is 17.2 Å². The molecular formula is C18H16N6O4. The van der Waals surface area contributed by atoms with Crippen LogP contribution in [-0.2, 0) is 0 Å². The highest BCUT2D eigenvalue weighted by atomic mass is 16.6. The molecule has 1 aliphatic rings. The first-order valence-corrected chi connectivity index (χ1v) is 8.34. The van der Waals surface area contributed by atoms with Crippen molar-refractivity contribution < 1.29 is 14.4 Å². The van der Waals surface area contributed by atoms with Gasteiger partial charge in [-0.15, -0.1) is 0 Å². The number of fused-ring (bicyclic) bond motifs is 1. The number of non-ortho nitro benzene ring substituents is 1. The molecule has 10 nitrogen and oxygen atoms in total. The number of benzene rings is 2. The second kappa shape index (κ2) is 6.99. The molecule has 2 heterocycles. The van der Waals surface area contributed by atoms with Crippen LogP contribution < -0.4 is 14.8 Å². The molecule has 0 saturated heterocycles. The van der Waals surface area contributed by atoms with Gasteiger partial charge in [-0.1, -0.05) is 29.4 Å². The molecule has 2 aromatic carbocycles. The Balaban J connectivity index is 1.86. The Morgan fingerprint density at radius 3 is 2.75 bits per heavy atom. The van der Waals surface area contributed by atoms with Crippen LogP contribution in [0.3, 0.4) is 0 Å². The summed E-state index contributed by atoms with van der Waals surface area (Å²) in [5.74, 6) is 1.56. The minimum absolute atomic E-state index is 0.000811. The second-order valence-corrected chi connectivity index (χ2v) is 5.99. The molecule has 0 bridgehead atoms. The zero-order valence-corrected chi connectivity index (χ0v) is 15.1. The van der Waals surface area contributed by atoms with E-state index in [4.69, 9.17) is 9.47 Å². The summed E-state index contributed by atoms with van der Waals surface area (Å²) < 4.78 is 12.6. The molecule has 1 aromatic heterocycles. The highest BCUT2D eigenvalue weighted by molar-refractivity contribution is 5.78. The van der Waals surface area contributed by atoms with Crippen LogP contribution in [0, 0.1) is 10.1 Å². The molecule has 1 aliphatic heterocycles. The van der Waals surface area contributed by atoms with Crippen molar-refractivity contribution >= 4 is 17.3 Å². The molecule has 4 rings (SSSR count). The average molecular weight is 380 g/mol. The van der Waals surface area contributed by atoms with Gasteiger partial charge in [0, 0.05) is 29.0 Å². The minimum atomic E-state index is -0.431. The maximum atomic E-state index is 11.1. The maximum Gasteiger partial charge on any atom is 0.270 e. The van der Waals surface area contributed by atoms with Gasteiger partial charge in [-0.3, -0.25) is 10.1 Å². The number of hydrogen-bond donors (Lipinski definition) is 1. The Bertz CT molecular complexity index is 1080. The summed E-state index contributed by atoms with van der Waals surface area (Å²) in [4.78, 5) is 10.7. The standard InChI is InChI=1S/C18H16N6O4/c1-27-16-8-4-7-13(17(16)28-2)15-10-14(19-18-20-21-22-23(15)18)11-5-3-6-12(9-11)24(25)26/h3-10,15H,1-2H3,(H,19,20,22). The van der Waals surface area contributed by atoms with Gasteiger partial charge in [0.25, 0.3) is 5.69 Å². The van der Waals surface area contributed by atoms with Crippen molar-refractivity contribution in [2.24, 2.45) is 0 Å². The van der Waals surface area contributed by atoms with Gasteiger partial charge in [-0.2, -0.15) is 4.68 Å². The first-order valence-electron chi connectivity index (χ1n) is 8.34. The largest absolute Gasteiger partial charge is 0.493 e. The molecule has 1 atom stereocenters. The summed E-state index contributed by atoms with van der Waals surface area (Å²) in [5, 5.41) is 26.1. The summed E-state index contributed by atoms with van der Waals surface area (Å²) in [6, 6.07) is 11.5. The van der Waals surface area contributed by atoms with Crippen LogP contribution in [0.2, 0.25) is 0 Å². The van der Waals surface area contributed by atoms with Crippen LogP contribution >= 0.6 is 0 Å². The zero-order chi connectivity index (χ0) is 19.7. The number of methoxy groups -OCH3 is 2. The number of para-hydroxylation sites is 1. The Morgan fingerprint density at radius 1 is 1.18 bits per heavy atom. The third kappa shape index (κ3) is 2.90. The molecule has 0 saturated carbocycles. The van der Waals surface area contributed by atoms with E-state index in [9.17, 15) is 10.1 Å². The smallest absolute Gasteiger partial charge is 0.270 e. The van der Waals surface area contributed by atoms with Crippen LogP contribution in [0.4, 0.5) is 11.6 Å². The molecule has 0 aliphatic carbocycles. The number of tetrazole rings is 1. The monoisotopic (exact) mass is 380 g/mol. The first kappa shape index (κ1) is 17.5. The Labute approximate surface area is 159 Å². The lowest BCUT2D eigenvalue weighted by Gasteiger charge is -2.25. The van der Waals surface area contributed by atoms with E-state index >= 15 is 0 Å². The summed E-state index contributed by atoms with van der Waals surface area (Å²) >= 11 is 0. The molecule has 28 heavy (non-hydrogen) atoms. The quantitative estimate of drug-likeness (QED) is 0.530. The minimum Gasteiger partial charge on any atom is -0.493 e. The van der Waals surface area contributed by atoms with Gasteiger partial charge in [-0.25, -0.2) is 0 Å². The lowest BCUT2D eigenvalue weighted by atomic mass is 10.00. The molecular weight excluding hydrogens is 364 g/mol. The molecule has 1 unspecified atom stereocenters. The van der Waals surface area contributed by atoms with E-state index in [-0.39, 0.29) is 5.69 Å². The topological polar surface area (TPSA) is 117 Å². The molecule has 10 heteroatoms. The number of anilines is 1. The molecule has 1 N–H and O–H groups in total. The van der Waals surface area contributed by atoms with Crippen molar-refractivity contribution in [3.8, 4) is 11.5 Å². The van der Waals surface area contributed by atoms with E-state index in [0.717, 1.165) is 5.56 Å². The lowest BCUT2D eigenvalue weighted by molar-refractivity contribution is -0.384. The SMILES string of the molecule is COc1cccc(C2C=C(c3cccc([N+](=O)[O-])c3)Nc3nnnn32)c1OC. The number of nitrogens with one attached hydrogen (secondary N) is 1. The van der Waals surface area contributed by atoms with E-state index in [1.807, 2.05) is 18.2 Å². The molecule has 0 amide bonds. The van der Waals surface area contributed by atoms with Gasteiger partial charge in [-0.05, 0) is 22.6 Å². The highest BCUT2D eigenvalue weighted by Crippen LogP contribution is 2.40. The van der Waals surface area contributed by atoms with Gasteiger partial charge in [0.15, 0.2) is 11.5 Å². The third-order valence-electron chi connectivity index (χ3n) is 4.45. The fourth-order valence-corrected chi connectivity index (χ4v) is 3.18. The number of nitrogens with zero attached hydrogens (tertiary/aromatic N) is 5. The number of ether oxygens (including phenoxy) is 2. The van der Waals surface area contributed by atoms with Gasteiger partial charge in [0.05, 0.1) is 19.1 Å². The normalized spacial score (nSPS) is 15.2. The van der Waals surface area contributed by atoms with Crippen LogP contribution in [0.15, 0.2) is 48.5 Å². The molecule has 142 valence electrons. The fourth-order valence-electron chi connectivity index (χ4n) is 3.18. The highest BCUT2D eigenvalue weighted by Gasteiger charge is 2.28. The fraction of sp³-hybridized carbons (Fsp3) is 0.167. The van der Waals surface area contributed by atoms with Gasteiger partial charge in [0.2, 0.25) is 5.95 Å². The number of nitro benzene ring substituents is 1. The van der Waals surface area contributed by atoms with Crippen molar-refractivity contribution in [2.75, 3.05) is 19.5 Å². The van der Waals surface area contributed by atoms with E-state index in [2.05, 4.69) is 20.8 Å². The van der Waals surface area contributed by atoms with Crippen LogP contribution in [0.25, 0.3) is 5.70 Å². The van der Waals surface area contributed by atoms with Crippen molar-refractivity contribution in [1.29, 1.82) is 0 Å². The molecule has 0 radical (unpaired) electrons. The number of rotatable bonds is 5. The van der Waals surface area contributed by atoms with Gasteiger partial charge in [0.1, 0.15) is 6.04 Å². The number of nitro groups is 1. The van der Waals surface area contributed by atoms with Gasteiger partial charge < -0.3 is 14.8 Å². The van der Waals surface area contributed by atoms with Crippen molar-refractivity contribution in [2.45, 2.75) is 6.04 Å². The van der Waals surface area contributed by atoms with E-state index < -0.39 is 11.0 Å². The maximum absolute atomic E-state index is 11.1. The molecule has 0 spiro atoms. The third-order valence-corrected chi connectivity index (χ3v) is 4.45. The Kier molecular flexibility index (Phi) is 4.36. The van der Waals surface area contributed by atoms with E-state index in [1.165, 1.54) is 12.1 Å². The molecule has 0 fully saturated rings.